The number of hydrogen-bond acceptors (Lipinski definition) is 9. The van der Waals surface area contributed by atoms with Crippen LogP contribution in [0.4, 0.5) is 0 Å². The topological polar surface area (TPSA) is 140 Å². The van der Waals surface area contributed by atoms with Gasteiger partial charge in [-0.25, -0.2) is 9.78 Å². The molecular weight excluding hydrogens is 518 g/mol. The maximum Gasteiger partial charge on any atom is 0.334 e. The Bertz CT molecular complexity index is 1090. The third-order valence-corrected chi connectivity index (χ3v) is 7.76. The first-order valence-electron chi connectivity index (χ1n) is 13.3. The van der Waals surface area contributed by atoms with E-state index in [2.05, 4.69) is 4.98 Å². The minimum atomic E-state index is -1.18. The van der Waals surface area contributed by atoms with E-state index in [9.17, 15) is 30.3 Å². The number of aromatic nitrogens is 1. The smallest absolute Gasteiger partial charge is 0.334 e. The summed E-state index contributed by atoms with van der Waals surface area (Å²) < 4.78 is 5.68. The van der Waals surface area contributed by atoms with Crippen LogP contribution in [0, 0.1) is 5.92 Å². The standard InChI is InChI=1S/C30H43NO7S/c1-6-18(2)12-19(3)13-20(4)27(36)28-25(34)11-9-7-8-10-23(33)15-26(35)24(16-32)29-31-22(17-39-29)14-21(5)30(37)38-28/h6-10,12,14,17,20,23-28,32-36H,11,13,15-16H2,1-5H3/b9-7-,10-8+,18-6+,19-12+,21-14+. The van der Waals surface area contributed by atoms with Crippen LogP contribution in [-0.2, 0) is 9.53 Å². The van der Waals surface area contributed by atoms with Gasteiger partial charge in [-0.2, -0.15) is 0 Å². The zero-order valence-corrected chi connectivity index (χ0v) is 24.2. The van der Waals surface area contributed by atoms with Crippen molar-refractivity contribution >= 4 is 23.4 Å². The molecule has 2 rings (SSSR count). The lowest BCUT2D eigenvalue weighted by Gasteiger charge is -2.31. The highest BCUT2D eigenvalue weighted by molar-refractivity contribution is 7.09. The number of esters is 1. The number of allylic oxidation sites excluding steroid dienone is 6. The molecule has 0 fully saturated rings. The number of aliphatic hydroxyl groups excluding tert-OH is 5. The first-order valence-corrected chi connectivity index (χ1v) is 14.2. The number of carbonyl (C=O) groups excluding carboxylic acids is 1. The van der Waals surface area contributed by atoms with Gasteiger partial charge in [-0.15, -0.1) is 11.3 Å². The molecule has 2 heterocycles. The van der Waals surface area contributed by atoms with Crippen LogP contribution in [0.5, 0.6) is 0 Å². The molecule has 216 valence electrons. The molecule has 1 aromatic rings. The molecule has 39 heavy (non-hydrogen) atoms. The molecule has 7 atom stereocenters. The van der Waals surface area contributed by atoms with Crippen LogP contribution in [0.15, 0.2) is 58.6 Å². The molecular formula is C30H43NO7S. The molecule has 5 N–H and O–H groups in total. The number of fused-ring (bicyclic) bond motifs is 2. The molecule has 0 aliphatic carbocycles. The molecule has 8 nitrogen and oxygen atoms in total. The Hall–Kier alpha value is -2.40. The maximum atomic E-state index is 13.0. The number of ether oxygens (including phenoxy) is 1. The summed E-state index contributed by atoms with van der Waals surface area (Å²) in [6.45, 7) is 8.98. The zero-order chi connectivity index (χ0) is 29.1. The fraction of sp³-hybridized carbons (Fsp3) is 0.533. The van der Waals surface area contributed by atoms with Crippen molar-refractivity contribution in [1.82, 2.24) is 4.98 Å². The molecule has 2 bridgehead atoms. The summed E-state index contributed by atoms with van der Waals surface area (Å²) in [4.78, 5) is 17.5. The van der Waals surface area contributed by atoms with Gasteiger partial charge in [0.05, 0.1) is 42.6 Å². The van der Waals surface area contributed by atoms with Crippen molar-refractivity contribution in [3.8, 4) is 0 Å². The summed E-state index contributed by atoms with van der Waals surface area (Å²) in [5.74, 6) is -1.68. The first kappa shape index (κ1) is 32.8. The Balaban J connectivity index is 2.37. The number of rotatable bonds is 6. The average Bonchev–Trinajstić information content (AvgIpc) is 3.33. The fourth-order valence-electron chi connectivity index (χ4n) is 4.37. The normalized spacial score (nSPS) is 30.8. The van der Waals surface area contributed by atoms with Crippen LogP contribution in [0.25, 0.3) is 6.08 Å². The average molecular weight is 562 g/mol. The van der Waals surface area contributed by atoms with Crippen LogP contribution in [0.2, 0.25) is 0 Å². The second-order valence-electron chi connectivity index (χ2n) is 10.3. The van der Waals surface area contributed by atoms with E-state index >= 15 is 0 Å². The number of aliphatic hydroxyl groups is 5. The lowest BCUT2D eigenvalue weighted by molar-refractivity contribution is -0.162. The summed E-state index contributed by atoms with van der Waals surface area (Å²) in [6, 6.07) is 0. The van der Waals surface area contributed by atoms with Crippen molar-refractivity contribution in [3.05, 3.63) is 69.3 Å². The Kier molecular flexibility index (Phi) is 13.5. The zero-order valence-electron chi connectivity index (χ0n) is 23.4. The van der Waals surface area contributed by atoms with Crippen molar-refractivity contribution in [1.29, 1.82) is 0 Å². The van der Waals surface area contributed by atoms with Gasteiger partial charge in [0, 0.05) is 17.4 Å². The third kappa shape index (κ3) is 10.3. The number of hydrogen-bond donors (Lipinski definition) is 5. The van der Waals surface area contributed by atoms with Gasteiger partial charge < -0.3 is 30.3 Å². The van der Waals surface area contributed by atoms with E-state index in [0.29, 0.717) is 17.1 Å². The van der Waals surface area contributed by atoms with Gasteiger partial charge in [0.15, 0.2) is 6.10 Å². The maximum absolute atomic E-state index is 13.0. The molecule has 0 saturated carbocycles. The van der Waals surface area contributed by atoms with Crippen molar-refractivity contribution in [2.24, 2.45) is 5.92 Å². The van der Waals surface area contributed by atoms with Gasteiger partial charge >= 0.3 is 5.97 Å². The first-order chi connectivity index (χ1) is 18.5. The second kappa shape index (κ2) is 16.0. The van der Waals surface area contributed by atoms with Crippen LogP contribution in [0.3, 0.4) is 0 Å². The SMILES string of the molecule is C/C=C(C)/C=C(\C)CC(C)C(O)C1OC(=O)/C(C)=C/c2csc(n2)C(CO)C(O)CC(O)/C=C/C=C\CC1O. The molecule has 0 saturated heterocycles. The van der Waals surface area contributed by atoms with Gasteiger partial charge in [0.2, 0.25) is 0 Å². The predicted molar refractivity (Wildman–Crippen MR) is 154 cm³/mol. The van der Waals surface area contributed by atoms with E-state index in [1.54, 1.807) is 30.5 Å². The summed E-state index contributed by atoms with van der Waals surface area (Å²) in [6.07, 6.45) is 7.12. The lowest BCUT2D eigenvalue weighted by Crippen LogP contribution is -2.44. The van der Waals surface area contributed by atoms with Crippen LogP contribution in [-0.4, -0.2) is 73.6 Å². The number of nitrogens with zero attached hydrogens (tertiary/aromatic N) is 1. The largest absolute Gasteiger partial charge is 0.453 e. The molecule has 1 aromatic heterocycles. The molecule has 9 heteroatoms. The molecule has 1 aliphatic rings. The Labute approximate surface area is 235 Å². The van der Waals surface area contributed by atoms with E-state index in [1.807, 2.05) is 39.8 Å². The highest BCUT2D eigenvalue weighted by atomic mass is 32.1. The van der Waals surface area contributed by atoms with E-state index in [1.165, 1.54) is 23.5 Å². The van der Waals surface area contributed by atoms with Gasteiger partial charge in [-0.3, -0.25) is 0 Å². The minimum Gasteiger partial charge on any atom is -0.453 e. The van der Waals surface area contributed by atoms with Crippen molar-refractivity contribution < 1.29 is 35.1 Å². The molecule has 0 radical (unpaired) electrons. The minimum absolute atomic E-state index is 0.00187. The Morgan fingerprint density at radius 1 is 1.23 bits per heavy atom. The van der Waals surface area contributed by atoms with E-state index in [0.717, 1.165) is 11.1 Å². The Morgan fingerprint density at radius 3 is 2.62 bits per heavy atom. The number of cyclic esters (lactones) is 1. The van der Waals surface area contributed by atoms with Crippen molar-refractivity contribution in [3.63, 3.8) is 0 Å². The van der Waals surface area contributed by atoms with Gasteiger partial charge in [0.1, 0.15) is 5.01 Å². The Morgan fingerprint density at radius 2 is 1.95 bits per heavy atom. The molecule has 0 spiro atoms. The third-order valence-electron chi connectivity index (χ3n) is 6.76. The fourth-order valence-corrected chi connectivity index (χ4v) is 5.30. The monoisotopic (exact) mass is 561 g/mol. The number of thiazole rings is 1. The van der Waals surface area contributed by atoms with Crippen molar-refractivity contribution in [2.45, 2.75) is 90.3 Å². The highest BCUT2D eigenvalue weighted by Gasteiger charge is 2.34. The van der Waals surface area contributed by atoms with Crippen LogP contribution >= 0.6 is 11.3 Å². The number of carbonyl (C=O) groups is 1. The molecule has 7 unspecified atom stereocenters. The summed E-state index contributed by atoms with van der Waals surface area (Å²) in [7, 11) is 0. The van der Waals surface area contributed by atoms with E-state index in [4.69, 9.17) is 4.74 Å². The van der Waals surface area contributed by atoms with Gasteiger partial charge in [0.25, 0.3) is 0 Å². The van der Waals surface area contributed by atoms with Gasteiger partial charge in [-0.1, -0.05) is 54.5 Å². The van der Waals surface area contributed by atoms with E-state index in [-0.39, 0.29) is 30.9 Å². The van der Waals surface area contributed by atoms with Crippen LogP contribution in [0.1, 0.15) is 70.5 Å². The quantitative estimate of drug-likeness (QED) is 0.261. The second-order valence-corrected chi connectivity index (χ2v) is 11.2. The van der Waals surface area contributed by atoms with E-state index < -0.39 is 42.4 Å². The van der Waals surface area contributed by atoms with Crippen LogP contribution < -0.4 is 0 Å². The molecule has 1 aliphatic heterocycles. The molecule has 0 aromatic carbocycles. The lowest BCUT2D eigenvalue weighted by atomic mass is 9.89. The summed E-state index contributed by atoms with van der Waals surface area (Å²) >= 11 is 1.23. The highest BCUT2D eigenvalue weighted by Crippen LogP contribution is 2.28. The summed E-state index contributed by atoms with van der Waals surface area (Å²) in [5, 5.41) is 55.0. The summed E-state index contributed by atoms with van der Waals surface area (Å²) in [5.41, 5.74) is 2.83. The van der Waals surface area contributed by atoms with Crippen molar-refractivity contribution in [2.75, 3.05) is 6.61 Å². The predicted octanol–water partition coefficient (Wildman–Crippen LogP) is 3.82. The molecule has 0 amide bonds. The van der Waals surface area contributed by atoms with Gasteiger partial charge in [-0.05, 0) is 52.5 Å².